The van der Waals surface area contributed by atoms with Gasteiger partial charge in [-0.15, -0.1) is 0 Å². The van der Waals surface area contributed by atoms with Crippen LogP contribution in [0.1, 0.15) is 26.3 Å². The lowest BCUT2D eigenvalue weighted by atomic mass is 10.0. The van der Waals surface area contributed by atoms with Crippen LogP contribution in [0.25, 0.3) is 0 Å². The van der Waals surface area contributed by atoms with Gasteiger partial charge in [0.1, 0.15) is 5.60 Å². The second kappa shape index (κ2) is 8.40. The molecule has 0 saturated heterocycles. The van der Waals surface area contributed by atoms with E-state index in [0.717, 1.165) is 12.0 Å². The number of nitrogens with one attached hydrogen (secondary N) is 1. The smallest absolute Gasteiger partial charge is 0.344 e. The Labute approximate surface area is 173 Å². The number of nitrogens with zero attached hydrogens (tertiary/aromatic N) is 1. The van der Waals surface area contributed by atoms with Gasteiger partial charge < -0.3 is 19.5 Å². The van der Waals surface area contributed by atoms with Gasteiger partial charge in [-0.2, -0.15) is 0 Å². The van der Waals surface area contributed by atoms with E-state index in [1.165, 1.54) is 31.2 Å². The monoisotopic (exact) mass is 414 g/mol. The number of carbonyl (C=O) groups is 2. The van der Waals surface area contributed by atoms with Crippen LogP contribution in [0.3, 0.4) is 0 Å². The van der Waals surface area contributed by atoms with Crippen molar-refractivity contribution in [1.82, 2.24) is 0 Å². The van der Waals surface area contributed by atoms with Gasteiger partial charge in [0, 0.05) is 29.8 Å². The van der Waals surface area contributed by atoms with Gasteiger partial charge in [-0.25, -0.2) is 4.79 Å². The van der Waals surface area contributed by atoms with Crippen LogP contribution >= 0.6 is 0 Å². The third-order valence-corrected chi connectivity index (χ3v) is 4.40. The van der Waals surface area contributed by atoms with E-state index in [4.69, 9.17) is 14.2 Å². The molecule has 0 saturated carbocycles. The Morgan fingerprint density at radius 3 is 2.73 bits per heavy atom. The number of nitro benzene ring substituents is 1. The fourth-order valence-electron chi connectivity index (χ4n) is 3.06. The number of benzene rings is 2. The summed E-state index contributed by atoms with van der Waals surface area (Å²) in [6, 6.07) is 10.9. The minimum atomic E-state index is -1.11. The van der Waals surface area contributed by atoms with Gasteiger partial charge in [0.05, 0.1) is 4.92 Å². The number of para-hydroxylation sites is 1. The van der Waals surface area contributed by atoms with Crippen LogP contribution in [0.15, 0.2) is 42.5 Å². The topological polar surface area (TPSA) is 117 Å². The predicted octanol–water partition coefficient (Wildman–Crippen LogP) is 3.26. The van der Waals surface area contributed by atoms with Crippen molar-refractivity contribution in [2.24, 2.45) is 0 Å². The first-order valence-corrected chi connectivity index (χ1v) is 9.33. The predicted molar refractivity (Wildman–Crippen MR) is 108 cm³/mol. The number of hydrogen-bond donors (Lipinski definition) is 1. The molecule has 1 N–H and O–H groups in total. The largest absolute Gasteiger partial charge is 0.483 e. The second-order valence-corrected chi connectivity index (χ2v) is 7.50. The number of carbonyl (C=O) groups excluding carboxylic acids is 2. The van der Waals surface area contributed by atoms with Gasteiger partial charge in [0.15, 0.2) is 24.2 Å². The molecule has 0 radical (unpaired) electrons. The molecular formula is C21H22N2O7. The van der Waals surface area contributed by atoms with Gasteiger partial charge in [-0.05, 0) is 32.9 Å². The van der Waals surface area contributed by atoms with Crippen molar-refractivity contribution < 1.29 is 28.7 Å². The molecule has 0 aliphatic carbocycles. The summed E-state index contributed by atoms with van der Waals surface area (Å²) in [5.74, 6) is -0.309. The molecule has 1 atom stereocenters. The normalized spacial score (nSPS) is 14.8. The lowest BCUT2D eigenvalue weighted by molar-refractivity contribution is -0.384. The molecule has 9 heteroatoms. The van der Waals surface area contributed by atoms with E-state index in [0.29, 0.717) is 11.5 Å². The molecule has 2 aromatic carbocycles. The van der Waals surface area contributed by atoms with E-state index in [2.05, 4.69) is 5.32 Å². The van der Waals surface area contributed by atoms with E-state index >= 15 is 0 Å². The summed E-state index contributed by atoms with van der Waals surface area (Å²) < 4.78 is 16.5. The van der Waals surface area contributed by atoms with Crippen molar-refractivity contribution in [2.75, 3.05) is 11.9 Å². The zero-order valence-electron chi connectivity index (χ0n) is 16.8. The molecule has 0 fully saturated rings. The fraction of sp³-hybridized carbons (Fsp3) is 0.333. The molecule has 0 aromatic heterocycles. The standard InChI is InChI=1S/C21H22N2O7/c1-13(20(25)22-15-7-5-8-16(10-15)23(26)27)29-18(24)12-28-17-9-4-6-14-11-21(2,3)30-19(14)17/h4-10,13H,11-12H2,1-3H3,(H,22,25). The van der Waals surface area contributed by atoms with Gasteiger partial charge in [0.2, 0.25) is 0 Å². The Morgan fingerprint density at radius 1 is 1.27 bits per heavy atom. The number of esters is 1. The highest BCUT2D eigenvalue weighted by Gasteiger charge is 2.32. The highest BCUT2D eigenvalue weighted by Crippen LogP contribution is 2.41. The number of rotatable bonds is 7. The average Bonchev–Trinajstić information content (AvgIpc) is 3.00. The van der Waals surface area contributed by atoms with E-state index in [1.54, 1.807) is 6.07 Å². The molecule has 1 unspecified atom stereocenters. The molecule has 0 spiro atoms. The van der Waals surface area contributed by atoms with Gasteiger partial charge >= 0.3 is 5.97 Å². The molecule has 2 aromatic rings. The Balaban J connectivity index is 1.53. The van der Waals surface area contributed by atoms with Crippen molar-refractivity contribution >= 4 is 23.3 Å². The van der Waals surface area contributed by atoms with Crippen LogP contribution in [-0.4, -0.2) is 35.1 Å². The maximum atomic E-state index is 12.2. The van der Waals surface area contributed by atoms with Crippen LogP contribution in [0.5, 0.6) is 11.5 Å². The van der Waals surface area contributed by atoms with Gasteiger partial charge in [-0.3, -0.25) is 14.9 Å². The summed E-state index contributed by atoms with van der Waals surface area (Å²) in [6.07, 6.45) is -0.379. The summed E-state index contributed by atoms with van der Waals surface area (Å²) in [4.78, 5) is 34.6. The maximum absolute atomic E-state index is 12.2. The number of nitro groups is 1. The van der Waals surface area contributed by atoms with Crippen molar-refractivity contribution in [1.29, 1.82) is 0 Å². The molecule has 9 nitrogen and oxygen atoms in total. The lowest BCUT2D eigenvalue weighted by Crippen LogP contribution is -2.31. The molecule has 1 aliphatic heterocycles. The highest BCUT2D eigenvalue weighted by molar-refractivity contribution is 5.95. The molecule has 3 rings (SSSR count). The van der Waals surface area contributed by atoms with E-state index in [-0.39, 0.29) is 17.0 Å². The first-order valence-electron chi connectivity index (χ1n) is 9.33. The van der Waals surface area contributed by atoms with E-state index in [1.807, 2.05) is 26.0 Å². The number of anilines is 1. The van der Waals surface area contributed by atoms with Crippen LogP contribution in [0.4, 0.5) is 11.4 Å². The van der Waals surface area contributed by atoms with Gasteiger partial charge in [0.25, 0.3) is 11.6 Å². The summed E-state index contributed by atoms with van der Waals surface area (Å²) >= 11 is 0. The number of amides is 1. The van der Waals surface area contributed by atoms with Crippen LogP contribution in [0.2, 0.25) is 0 Å². The average molecular weight is 414 g/mol. The van der Waals surface area contributed by atoms with Crippen LogP contribution in [-0.2, 0) is 20.7 Å². The quantitative estimate of drug-likeness (QED) is 0.420. The number of ether oxygens (including phenoxy) is 3. The zero-order chi connectivity index (χ0) is 21.9. The summed E-state index contributed by atoms with van der Waals surface area (Å²) in [6.45, 7) is 4.93. The minimum Gasteiger partial charge on any atom is -0.483 e. The maximum Gasteiger partial charge on any atom is 0.344 e. The summed E-state index contributed by atoms with van der Waals surface area (Å²) in [5.41, 5.74) is 0.719. The summed E-state index contributed by atoms with van der Waals surface area (Å²) in [7, 11) is 0. The second-order valence-electron chi connectivity index (χ2n) is 7.50. The van der Waals surface area contributed by atoms with E-state index in [9.17, 15) is 19.7 Å². The Bertz CT molecular complexity index is 987. The number of non-ortho nitro benzene ring substituents is 1. The SMILES string of the molecule is CC(OC(=O)COc1cccc2c1OC(C)(C)C2)C(=O)Nc1cccc([N+](=O)[O-])c1. The highest BCUT2D eigenvalue weighted by atomic mass is 16.6. The number of hydrogen-bond acceptors (Lipinski definition) is 7. The zero-order valence-corrected chi connectivity index (χ0v) is 16.8. The molecule has 158 valence electrons. The molecule has 1 aliphatic rings. The van der Waals surface area contributed by atoms with Crippen LogP contribution < -0.4 is 14.8 Å². The third kappa shape index (κ3) is 5.05. The van der Waals surface area contributed by atoms with Crippen molar-refractivity contribution in [3.8, 4) is 11.5 Å². The van der Waals surface area contributed by atoms with Crippen molar-refractivity contribution in [2.45, 2.75) is 38.9 Å². The van der Waals surface area contributed by atoms with E-state index < -0.39 is 29.5 Å². The third-order valence-electron chi connectivity index (χ3n) is 4.40. The first kappa shape index (κ1) is 21.1. The molecule has 1 amide bonds. The Kier molecular flexibility index (Phi) is 5.91. The Morgan fingerprint density at radius 2 is 2.00 bits per heavy atom. The molecule has 0 bridgehead atoms. The molecule has 1 heterocycles. The summed E-state index contributed by atoms with van der Waals surface area (Å²) in [5, 5.41) is 13.3. The van der Waals surface area contributed by atoms with Crippen molar-refractivity contribution in [3.63, 3.8) is 0 Å². The Hall–Kier alpha value is -3.62. The minimum absolute atomic E-state index is 0.161. The van der Waals surface area contributed by atoms with Crippen LogP contribution in [0, 0.1) is 10.1 Å². The first-order chi connectivity index (χ1) is 14.1. The molecular weight excluding hydrogens is 392 g/mol. The molecule has 30 heavy (non-hydrogen) atoms. The fourth-order valence-corrected chi connectivity index (χ4v) is 3.06. The van der Waals surface area contributed by atoms with Gasteiger partial charge in [-0.1, -0.05) is 18.2 Å². The lowest BCUT2D eigenvalue weighted by Gasteiger charge is -2.18. The van der Waals surface area contributed by atoms with Crippen molar-refractivity contribution in [3.05, 3.63) is 58.1 Å². The number of fused-ring (bicyclic) bond motifs is 1.